The van der Waals surface area contributed by atoms with Crippen molar-refractivity contribution in [3.05, 3.63) is 51.7 Å². The molecule has 2 aromatic rings. The molecule has 0 fully saturated rings. The molecular formula is C16H11BrFNO4. The van der Waals surface area contributed by atoms with Gasteiger partial charge in [0.15, 0.2) is 17.3 Å². The molecule has 0 aliphatic carbocycles. The van der Waals surface area contributed by atoms with Crippen molar-refractivity contribution < 1.29 is 23.5 Å². The summed E-state index contributed by atoms with van der Waals surface area (Å²) in [6.07, 6.45) is 0. The van der Waals surface area contributed by atoms with Gasteiger partial charge in [0.05, 0.1) is 11.3 Å². The predicted octanol–water partition coefficient (Wildman–Crippen LogP) is 3.77. The first kappa shape index (κ1) is 15.5. The van der Waals surface area contributed by atoms with Crippen molar-refractivity contribution in [2.45, 2.75) is 6.92 Å². The molecule has 0 radical (unpaired) electrons. The van der Waals surface area contributed by atoms with E-state index in [4.69, 9.17) is 9.47 Å². The molecular weight excluding hydrogens is 369 g/mol. The van der Waals surface area contributed by atoms with E-state index in [0.717, 1.165) is 0 Å². The van der Waals surface area contributed by atoms with Gasteiger partial charge in [0.25, 0.3) is 5.91 Å². The Hall–Kier alpha value is -2.41. The van der Waals surface area contributed by atoms with E-state index < -0.39 is 11.7 Å². The van der Waals surface area contributed by atoms with E-state index in [9.17, 15) is 14.0 Å². The SMILES string of the molecule is CC(=O)c1cc2c(cc1NC(=O)c1cc(Br)ccc1F)OCO2. The van der Waals surface area contributed by atoms with Gasteiger partial charge in [-0.15, -0.1) is 0 Å². The Morgan fingerprint density at radius 1 is 1.13 bits per heavy atom. The highest BCUT2D eigenvalue weighted by Crippen LogP contribution is 2.37. The van der Waals surface area contributed by atoms with Crippen LogP contribution < -0.4 is 14.8 Å². The van der Waals surface area contributed by atoms with E-state index in [1.165, 1.54) is 37.3 Å². The summed E-state index contributed by atoms with van der Waals surface area (Å²) in [7, 11) is 0. The van der Waals surface area contributed by atoms with Crippen LogP contribution in [0.3, 0.4) is 0 Å². The Bertz CT molecular complexity index is 822. The molecule has 1 amide bonds. The van der Waals surface area contributed by atoms with Gasteiger partial charge in [-0.05, 0) is 31.2 Å². The lowest BCUT2D eigenvalue weighted by atomic mass is 10.1. The Morgan fingerprint density at radius 3 is 2.52 bits per heavy atom. The van der Waals surface area contributed by atoms with Gasteiger partial charge < -0.3 is 14.8 Å². The molecule has 23 heavy (non-hydrogen) atoms. The Morgan fingerprint density at radius 2 is 1.83 bits per heavy atom. The summed E-state index contributed by atoms with van der Waals surface area (Å²) in [6.45, 7) is 1.41. The molecule has 7 heteroatoms. The average Bonchev–Trinajstić information content (AvgIpc) is 2.95. The van der Waals surface area contributed by atoms with E-state index in [-0.39, 0.29) is 29.4 Å². The summed E-state index contributed by atoms with van der Waals surface area (Å²) < 4.78 is 24.8. The van der Waals surface area contributed by atoms with Gasteiger partial charge in [0.2, 0.25) is 6.79 Å². The van der Waals surface area contributed by atoms with E-state index in [2.05, 4.69) is 21.2 Å². The van der Waals surface area contributed by atoms with Crippen molar-refractivity contribution in [1.29, 1.82) is 0 Å². The fraction of sp³-hybridized carbons (Fsp3) is 0.125. The van der Waals surface area contributed by atoms with E-state index in [0.29, 0.717) is 16.0 Å². The van der Waals surface area contributed by atoms with E-state index in [1.54, 1.807) is 0 Å². The van der Waals surface area contributed by atoms with Crippen molar-refractivity contribution in [2.24, 2.45) is 0 Å². The second kappa shape index (κ2) is 6.00. The predicted molar refractivity (Wildman–Crippen MR) is 84.6 cm³/mol. The smallest absolute Gasteiger partial charge is 0.258 e. The summed E-state index contributed by atoms with van der Waals surface area (Å²) in [6, 6.07) is 7.04. The van der Waals surface area contributed by atoms with Crippen LogP contribution in [0.5, 0.6) is 11.5 Å². The lowest BCUT2D eigenvalue weighted by molar-refractivity contribution is 0.101. The van der Waals surface area contributed by atoms with Gasteiger partial charge in [-0.25, -0.2) is 4.39 Å². The number of hydrogen-bond acceptors (Lipinski definition) is 4. The standard InChI is InChI=1S/C16H11BrFNO4/c1-8(20)10-5-14-15(23-7-22-14)6-13(10)19-16(21)11-4-9(17)2-3-12(11)18/h2-6H,7H2,1H3,(H,19,21). The number of ether oxygens (including phenoxy) is 2. The normalized spacial score (nSPS) is 12.1. The molecule has 1 heterocycles. The largest absolute Gasteiger partial charge is 0.454 e. The fourth-order valence-corrected chi connectivity index (χ4v) is 2.56. The van der Waals surface area contributed by atoms with Crippen LogP contribution in [0.15, 0.2) is 34.8 Å². The van der Waals surface area contributed by atoms with Gasteiger partial charge in [-0.3, -0.25) is 9.59 Å². The number of anilines is 1. The molecule has 1 N–H and O–H groups in total. The molecule has 5 nitrogen and oxygen atoms in total. The van der Waals surface area contributed by atoms with E-state index >= 15 is 0 Å². The summed E-state index contributed by atoms with van der Waals surface area (Å²) in [4.78, 5) is 24.1. The van der Waals surface area contributed by atoms with Crippen LogP contribution in [-0.4, -0.2) is 18.5 Å². The zero-order chi connectivity index (χ0) is 16.6. The number of carbonyl (C=O) groups excluding carboxylic acids is 2. The zero-order valence-electron chi connectivity index (χ0n) is 12.0. The zero-order valence-corrected chi connectivity index (χ0v) is 13.6. The van der Waals surface area contributed by atoms with Gasteiger partial charge in [-0.1, -0.05) is 15.9 Å². The third kappa shape index (κ3) is 3.05. The molecule has 2 aromatic carbocycles. The monoisotopic (exact) mass is 379 g/mol. The van der Waals surface area contributed by atoms with Crippen molar-refractivity contribution in [3.8, 4) is 11.5 Å². The maximum absolute atomic E-state index is 13.8. The lowest BCUT2D eigenvalue weighted by Gasteiger charge is -2.11. The summed E-state index contributed by atoms with van der Waals surface area (Å²) >= 11 is 3.19. The van der Waals surface area contributed by atoms with Crippen LogP contribution in [0.25, 0.3) is 0 Å². The number of benzene rings is 2. The number of halogens is 2. The molecule has 0 saturated heterocycles. The van der Waals surface area contributed by atoms with Crippen molar-refractivity contribution in [1.82, 2.24) is 0 Å². The van der Waals surface area contributed by atoms with Gasteiger partial charge in [-0.2, -0.15) is 0 Å². The summed E-state index contributed by atoms with van der Waals surface area (Å²) in [5.41, 5.74) is 0.371. The molecule has 0 atom stereocenters. The summed E-state index contributed by atoms with van der Waals surface area (Å²) in [5.74, 6) is -0.726. The maximum atomic E-state index is 13.8. The number of fused-ring (bicyclic) bond motifs is 1. The van der Waals surface area contributed by atoms with Crippen LogP contribution in [0.4, 0.5) is 10.1 Å². The van der Waals surface area contributed by atoms with Gasteiger partial charge in [0, 0.05) is 16.1 Å². The number of Topliss-reactive ketones (excluding diaryl/α,β-unsaturated/α-hetero) is 1. The third-order valence-corrected chi connectivity index (χ3v) is 3.81. The van der Waals surface area contributed by atoms with Crippen molar-refractivity contribution in [2.75, 3.05) is 12.1 Å². The van der Waals surface area contributed by atoms with Crippen molar-refractivity contribution in [3.63, 3.8) is 0 Å². The molecule has 1 aliphatic heterocycles. The fourth-order valence-electron chi connectivity index (χ4n) is 2.20. The minimum Gasteiger partial charge on any atom is -0.454 e. The number of rotatable bonds is 3. The minimum atomic E-state index is -0.662. The minimum absolute atomic E-state index is 0.0460. The molecule has 0 aromatic heterocycles. The highest BCUT2D eigenvalue weighted by atomic mass is 79.9. The maximum Gasteiger partial charge on any atom is 0.258 e. The molecule has 3 rings (SSSR count). The Kier molecular flexibility index (Phi) is 4.04. The van der Waals surface area contributed by atoms with Crippen molar-refractivity contribution >= 4 is 33.3 Å². The molecule has 118 valence electrons. The Labute approximate surface area is 139 Å². The first-order chi connectivity index (χ1) is 11.0. The molecule has 0 bridgehead atoms. The van der Waals surface area contributed by atoms with Crippen LogP contribution in [0.2, 0.25) is 0 Å². The van der Waals surface area contributed by atoms with E-state index in [1.807, 2.05) is 0 Å². The second-order valence-electron chi connectivity index (χ2n) is 4.89. The van der Waals surface area contributed by atoms with Gasteiger partial charge >= 0.3 is 0 Å². The van der Waals surface area contributed by atoms with Crippen LogP contribution in [0.1, 0.15) is 27.6 Å². The molecule has 0 unspecified atom stereocenters. The molecule has 0 spiro atoms. The molecule has 0 saturated carbocycles. The van der Waals surface area contributed by atoms with Crippen LogP contribution in [-0.2, 0) is 0 Å². The quantitative estimate of drug-likeness (QED) is 0.824. The first-order valence-electron chi connectivity index (χ1n) is 6.66. The number of ketones is 1. The highest BCUT2D eigenvalue weighted by Gasteiger charge is 2.21. The third-order valence-electron chi connectivity index (χ3n) is 3.31. The summed E-state index contributed by atoms with van der Waals surface area (Å²) in [5, 5.41) is 2.55. The molecule has 1 aliphatic rings. The lowest BCUT2D eigenvalue weighted by Crippen LogP contribution is -2.16. The highest BCUT2D eigenvalue weighted by molar-refractivity contribution is 9.10. The Balaban J connectivity index is 1.97. The topological polar surface area (TPSA) is 64.6 Å². The number of nitrogens with one attached hydrogen (secondary N) is 1. The number of carbonyl (C=O) groups is 2. The number of amides is 1. The first-order valence-corrected chi connectivity index (χ1v) is 7.46. The average molecular weight is 380 g/mol. The van der Waals surface area contributed by atoms with Gasteiger partial charge in [0.1, 0.15) is 5.82 Å². The number of hydrogen-bond donors (Lipinski definition) is 1. The van der Waals surface area contributed by atoms with Crippen LogP contribution in [0, 0.1) is 5.82 Å². The second-order valence-corrected chi connectivity index (χ2v) is 5.80. The van der Waals surface area contributed by atoms with Crippen LogP contribution >= 0.6 is 15.9 Å².